The Labute approximate surface area is 80.1 Å². The molecule has 2 nitrogen and oxygen atoms in total. The minimum atomic E-state index is -0.166. The Kier molecular flexibility index (Phi) is 2.14. The third kappa shape index (κ3) is 1.21. The fourth-order valence-electron chi connectivity index (χ4n) is 2.53. The van der Waals surface area contributed by atoms with Gasteiger partial charge in [0.25, 0.3) is 0 Å². The van der Waals surface area contributed by atoms with Crippen LogP contribution < -0.4 is 0 Å². The van der Waals surface area contributed by atoms with Crippen LogP contribution in [0.3, 0.4) is 0 Å². The number of halogens is 1. The fourth-order valence-corrected chi connectivity index (χ4v) is 3.89. The quantitative estimate of drug-likeness (QED) is 0.507. The summed E-state index contributed by atoms with van der Waals surface area (Å²) in [6.07, 6.45) is 2.67. The van der Waals surface area contributed by atoms with Crippen LogP contribution >= 0.6 is 22.6 Å². The Hall–Kier alpha value is 0.650. The van der Waals surface area contributed by atoms with E-state index in [2.05, 4.69) is 22.6 Å². The average Bonchev–Trinajstić information content (AvgIpc) is 2.41. The van der Waals surface area contributed by atoms with Crippen LogP contribution in [0.4, 0.5) is 0 Å². The molecule has 0 saturated heterocycles. The van der Waals surface area contributed by atoms with Gasteiger partial charge in [-0.15, -0.1) is 0 Å². The highest BCUT2D eigenvalue weighted by molar-refractivity contribution is 14.1. The first-order chi connectivity index (χ1) is 5.20. The van der Waals surface area contributed by atoms with Gasteiger partial charge in [0.1, 0.15) is 0 Å². The second-order valence-corrected chi connectivity index (χ2v) is 5.17. The number of rotatable bonds is 0. The number of hydrogen-bond acceptors (Lipinski definition) is 2. The summed E-state index contributed by atoms with van der Waals surface area (Å²) in [5.74, 6) is 0.979. The molecule has 0 bridgehead atoms. The summed E-state index contributed by atoms with van der Waals surface area (Å²) >= 11 is 2.28. The van der Waals surface area contributed by atoms with Crippen molar-refractivity contribution >= 4 is 22.6 Å². The molecule has 2 saturated carbocycles. The molecule has 0 aromatic carbocycles. The zero-order valence-corrected chi connectivity index (χ0v) is 8.44. The normalized spacial score (nSPS) is 56.5. The number of aliphatic hydroxyl groups excluding tert-OH is 2. The molecule has 2 aliphatic carbocycles. The van der Waals surface area contributed by atoms with E-state index in [1.807, 2.05) is 0 Å². The predicted molar refractivity (Wildman–Crippen MR) is 50.7 cm³/mol. The number of aliphatic hydroxyl groups is 2. The van der Waals surface area contributed by atoms with Gasteiger partial charge in [-0.1, -0.05) is 22.6 Å². The van der Waals surface area contributed by atoms with Crippen LogP contribution in [0, 0.1) is 11.8 Å². The van der Waals surface area contributed by atoms with Crippen LogP contribution in [0.5, 0.6) is 0 Å². The Morgan fingerprint density at radius 1 is 1.09 bits per heavy atom. The van der Waals surface area contributed by atoms with Gasteiger partial charge in [-0.2, -0.15) is 0 Å². The van der Waals surface area contributed by atoms with Crippen LogP contribution in [-0.2, 0) is 0 Å². The van der Waals surface area contributed by atoms with E-state index in [9.17, 15) is 10.2 Å². The zero-order valence-electron chi connectivity index (χ0n) is 6.28. The lowest BCUT2D eigenvalue weighted by molar-refractivity contribution is 0.117. The van der Waals surface area contributed by atoms with Gasteiger partial charge in [-0.05, 0) is 25.2 Å². The van der Waals surface area contributed by atoms with Crippen molar-refractivity contribution in [2.45, 2.75) is 35.4 Å². The minimum Gasteiger partial charge on any atom is -0.393 e. The molecule has 0 aromatic rings. The van der Waals surface area contributed by atoms with Gasteiger partial charge in [0.05, 0.1) is 12.2 Å². The minimum absolute atomic E-state index is 0.140. The Bertz CT molecular complexity index is 160. The van der Waals surface area contributed by atoms with Crippen molar-refractivity contribution in [2.75, 3.05) is 0 Å². The topological polar surface area (TPSA) is 40.5 Å². The molecule has 2 fully saturated rings. The Morgan fingerprint density at radius 2 is 1.82 bits per heavy atom. The van der Waals surface area contributed by atoms with Crippen molar-refractivity contribution in [3.05, 3.63) is 0 Å². The highest BCUT2D eigenvalue weighted by Crippen LogP contribution is 2.47. The van der Waals surface area contributed by atoms with Crippen LogP contribution in [0.1, 0.15) is 19.3 Å². The van der Waals surface area contributed by atoms with Crippen LogP contribution in [0.15, 0.2) is 0 Å². The molecule has 2 N–H and O–H groups in total. The van der Waals surface area contributed by atoms with Crippen molar-refractivity contribution in [1.29, 1.82) is 0 Å². The predicted octanol–water partition coefficient (Wildman–Crippen LogP) is 0.942. The number of fused-ring (bicyclic) bond motifs is 1. The fraction of sp³-hybridized carbons (Fsp3) is 1.00. The van der Waals surface area contributed by atoms with Gasteiger partial charge >= 0.3 is 0 Å². The Morgan fingerprint density at radius 3 is 2.45 bits per heavy atom. The van der Waals surface area contributed by atoms with Gasteiger partial charge in [0, 0.05) is 9.84 Å². The first-order valence-corrected chi connectivity index (χ1v) is 5.45. The van der Waals surface area contributed by atoms with Gasteiger partial charge in [0.2, 0.25) is 0 Å². The molecular formula is C8H13IO2. The summed E-state index contributed by atoms with van der Waals surface area (Å²) in [6, 6.07) is 0. The van der Waals surface area contributed by atoms with Crippen molar-refractivity contribution in [2.24, 2.45) is 11.8 Å². The summed E-state index contributed by atoms with van der Waals surface area (Å²) in [7, 11) is 0. The lowest BCUT2D eigenvalue weighted by Crippen LogP contribution is -2.26. The maximum absolute atomic E-state index is 9.57. The number of alkyl halides is 1. The van der Waals surface area contributed by atoms with Crippen LogP contribution in [-0.4, -0.2) is 26.3 Å². The summed E-state index contributed by atoms with van der Waals surface area (Å²) < 4.78 is 0.287. The molecule has 0 radical (unpaired) electrons. The molecule has 3 heteroatoms. The largest absolute Gasteiger partial charge is 0.393 e. The Balaban J connectivity index is 2.13. The van der Waals surface area contributed by atoms with Crippen molar-refractivity contribution in [1.82, 2.24) is 0 Å². The lowest BCUT2D eigenvalue weighted by atomic mass is 9.99. The average molecular weight is 268 g/mol. The summed E-state index contributed by atoms with van der Waals surface area (Å²) in [5.41, 5.74) is 0. The van der Waals surface area contributed by atoms with E-state index >= 15 is 0 Å². The second-order valence-electron chi connectivity index (χ2n) is 3.73. The van der Waals surface area contributed by atoms with E-state index in [0.717, 1.165) is 19.3 Å². The van der Waals surface area contributed by atoms with E-state index in [1.54, 1.807) is 0 Å². The summed E-state index contributed by atoms with van der Waals surface area (Å²) in [4.78, 5) is 0. The van der Waals surface area contributed by atoms with E-state index in [4.69, 9.17) is 0 Å². The molecule has 64 valence electrons. The third-order valence-electron chi connectivity index (χ3n) is 3.10. The van der Waals surface area contributed by atoms with E-state index < -0.39 is 0 Å². The second kappa shape index (κ2) is 2.85. The highest BCUT2D eigenvalue weighted by Gasteiger charge is 2.47. The molecule has 0 heterocycles. The summed E-state index contributed by atoms with van der Waals surface area (Å²) in [5, 5.41) is 19.1. The van der Waals surface area contributed by atoms with Crippen LogP contribution in [0.25, 0.3) is 0 Å². The highest BCUT2D eigenvalue weighted by atomic mass is 127. The van der Waals surface area contributed by atoms with Gasteiger partial charge in [-0.25, -0.2) is 0 Å². The first-order valence-electron chi connectivity index (χ1n) is 4.20. The SMILES string of the molecule is O[C@@H]1C[C@@H]2CC[C@H](O)[C@@H]2[C@H]1I. The molecule has 5 atom stereocenters. The molecule has 2 aliphatic rings. The lowest BCUT2D eigenvalue weighted by Gasteiger charge is -2.17. The van der Waals surface area contributed by atoms with Crippen molar-refractivity contribution in [3.63, 3.8) is 0 Å². The molecule has 0 spiro atoms. The van der Waals surface area contributed by atoms with Gasteiger partial charge in [-0.3, -0.25) is 0 Å². The standard InChI is InChI=1S/C8H13IO2/c9-8-6(11)3-4-1-2-5(10)7(4)8/h4-8,10-11H,1-3H2/t4-,5-,6+,7+,8-/m0/s1. The summed E-state index contributed by atoms with van der Waals surface area (Å²) in [6.45, 7) is 0. The monoisotopic (exact) mass is 268 g/mol. The number of hydrogen-bond donors (Lipinski definition) is 2. The molecule has 2 rings (SSSR count). The maximum Gasteiger partial charge on any atom is 0.0664 e. The maximum atomic E-state index is 9.57. The zero-order chi connectivity index (χ0) is 8.01. The molecule has 0 aromatic heterocycles. The van der Waals surface area contributed by atoms with Crippen molar-refractivity contribution in [3.8, 4) is 0 Å². The van der Waals surface area contributed by atoms with E-state index in [0.29, 0.717) is 11.8 Å². The van der Waals surface area contributed by atoms with Gasteiger partial charge in [0.15, 0.2) is 0 Å². The van der Waals surface area contributed by atoms with E-state index in [1.165, 1.54) is 0 Å². The third-order valence-corrected chi connectivity index (χ3v) is 4.76. The molecule has 0 amide bonds. The van der Waals surface area contributed by atoms with E-state index in [-0.39, 0.29) is 16.1 Å². The molecule has 0 unspecified atom stereocenters. The molecular weight excluding hydrogens is 255 g/mol. The molecule has 0 aliphatic heterocycles. The van der Waals surface area contributed by atoms with Gasteiger partial charge < -0.3 is 10.2 Å². The smallest absolute Gasteiger partial charge is 0.0664 e. The van der Waals surface area contributed by atoms with Crippen molar-refractivity contribution < 1.29 is 10.2 Å². The molecule has 11 heavy (non-hydrogen) atoms. The van der Waals surface area contributed by atoms with Crippen LogP contribution in [0.2, 0.25) is 0 Å². The first kappa shape index (κ1) is 8.26.